The summed E-state index contributed by atoms with van der Waals surface area (Å²) in [6.45, 7) is 8.85. The Hall–Kier alpha value is -1.39. The average Bonchev–Trinajstić information content (AvgIpc) is 2.56. The maximum absolute atomic E-state index is 12.3. The quantitative estimate of drug-likeness (QED) is 0.774. The third-order valence-corrected chi connectivity index (χ3v) is 4.62. The van der Waals surface area contributed by atoms with Crippen molar-refractivity contribution in [3.63, 3.8) is 0 Å². The number of amides is 1. The summed E-state index contributed by atoms with van der Waals surface area (Å²) in [7, 11) is 0. The summed E-state index contributed by atoms with van der Waals surface area (Å²) in [4.78, 5) is 14.8. The van der Waals surface area contributed by atoms with Crippen molar-refractivity contribution in [2.24, 2.45) is 5.92 Å². The number of carbonyl (C=O) groups excluding carboxylic acids is 1. The van der Waals surface area contributed by atoms with E-state index in [1.807, 2.05) is 30.3 Å². The third kappa shape index (κ3) is 6.32. The smallest absolute Gasteiger partial charge is 0.225 e. The molecular formula is C19H31N3O. The molecule has 1 aromatic carbocycles. The van der Waals surface area contributed by atoms with Crippen molar-refractivity contribution in [1.82, 2.24) is 10.2 Å². The van der Waals surface area contributed by atoms with Gasteiger partial charge in [0.05, 0.1) is 0 Å². The molecule has 1 aliphatic rings. The third-order valence-electron chi connectivity index (χ3n) is 4.62. The molecule has 23 heavy (non-hydrogen) atoms. The van der Waals surface area contributed by atoms with E-state index in [-0.39, 0.29) is 11.9 Å². The van der Waals surface area contributed by atoms with E-state index >= 15 is 0 Å². The van der Waals surface area contributed by atoms with Gasteiger partial charge in [0, 0.05) is 24.7 Å². The fourth-order valence-corrected chi connectivity index (χ4v) is 3.31. The standard InChI is InChI=1S/C19H31N3O/c1-3-13-22(15-17-9-11-20-12-10-17)16(2)14-19(23)21-18-7-5-4-6-8-18/h4-8,16-17,20H,3,9-15H2,1-2H3,(H,21,23). The number of piperidine rings is 1. The van der Waals surface area contributed by atoms with Gasteiger partial charge in [-0.1, -0.05) is 25.1 Å². The highest BCUT2D eigenvalue weighted by Gasteiger charge is 2.21. The van der Waals surface area contributed by atoms with Gasteiger partial charge in [0.15, 0.2) is 0 Å². The van der Waals surface area contributed by atoms with Crippen LogP contribution in [0.2, 0.25) is 0 Å². The Balaban J connectivity index is 1.83. The molecule has 1 aromatic rings. The van der Waals surface area contributed by atoms with E-state index in [0.717, 1.165) is 44.2 Å². The molecule has 0 spiro atoms. The molecule has 4 nitrogen and oxygen atoms in total. The van der Waals surface area contributed by atoms with Gasteiger partial charge in [-0.15, -0.1) is 0 Å². The lowest BCUT2D eigenvalue weighted by Crippen LogP contribution is -2.42. The second kappa shape index (κ2) is 9.68. The second-order valence-electron chi connectivity index (χ2n) is 6.66. The number of carbonyl (C=O) groups is 1. The minimum Gasteiger partial charge on any atom is -0.326 e. The predicted octanol–water partition coefficient (Wildman–Crippen LogP) is 3.12. The molecule has 0 saturated carbocycles. The summed E-state index contributed by atoms with van der Waals surface area (Å²) in [6, 6.07) is 10.00. The summed E-state index contributed by atoms with van der Waals surface area (Å²) < 4.78 is 0. The Morgan fingerprint density at radius 3 is 2.65 bits per heavy atom. The largest absolute Gasteiger partial charge is 0.326 e. The molecule has 1 amide bonds. The second-order valence-corrected chi connectivity index (χ2v) is 6.66. The topological polar surface area (TPSA) is 44.4 Å². The molecule has 4 heteroatoms. The van der Waals surface area contributed by atoms with E-state index in [4.69, 9.17) is 0 Å². The van der Waals surface area contributed by atoms with Gasteiger partial charge in [0.2, 0.25) is 5.91 Å². The van der Waals surface area contributed by atoms with Gasteiger partial charge in [-0.2, -0.15) is 0 Å². The first-order valence-electron chi connectivity index (χ1n) is 8.98. The van der Waals surface area contributed by atoms with Crippen LogP contribution in [0.4, 0.5) is 5.69 Å². The van der Waals surface area contributed by atoms with E-state index in [2.05, 4.69) is 29.4 Å². The van der Waals surface area contributed by atoms with Crippen molar-refractivity contribution in [3.8, 4) is 0 Å². The molecule has 0 aromatic heterocycles. The lowest BCUT2D eigenvalue weighted by molar-refractivity contribution is -0.117. The molecule has 1 unspecified atom stereocenters. The van der Waals surface area contributed by atoms with Crippen LogP contribution >= 0.6 is 0 Å². The van der Waals surface area contributed by atoms with Crippen molar-refractivity contribution in [3.05, 3.63) is 30.3 Å². The molecule has 0 radical (unpaired) electrons. The summed E-state index contributed by atoms with van der Waals surface area (Å²) in [5.74, 6) is 0.873. The monoisotopic (exact) mass is 317 g/mol. The van der Waals surface area contributed by atoms with E-state index in [1.165, 1.54) is 12.8 Å². The molecule has 0 bridgehead atoms. The number of hydrogen-bond donors (Lipinski definition) is 2. The maximum Gasteiger partial charge on any atom is 0.225 e. The SMILES string of the molecule is CCCN(CC1CCNCC1)C(C)CC(=O)Nc1ccccc1. The summed E-state index contributed by atoms with van der Waals surface area (Å²) >= 11 is 0. The van der Waals surface area contributed by atoms with Gasteiger partial charge in [0.25, 0.3) is 0 Å². The van der Waals surface area contributed by atoms with Gasteiger partial charge >= 0.3 is 0 Å². The fourth-order valence-electron chi connectivity index (χ4n) is 3.31. The van der Waals surface area contributed by atoms with Crippen LogP contribution in [0.5, 0.6) is 0 Å². The van der Waals surface area contributed by atoms with Crippen LogP contribution in [0.1, 0.15) is 39.5 Å². The Labute approximate surface area is 140 Å². The molecule has 1 aliphatic heterocycles. The lowest BCUT2D eigenvalue weighted by Gasteiger charge is -2.33. The minimum atomic E-state index is 0.107. The number of rotatable bonds is 8. The first-order valence-corrected chi connectivity index (χ1v) is 8.98. The van der Waals surface area contributed by atoms with Crippen molar-refractivity contribution in [1.29, 1.82) is 0 Å². The zero-order valence-corrected chi connectivity index (χ0v) is 14.6. The predicted molar refractivity (Wildman–Crippen MR) is 96.6 cm³/mol. The van der Waals surface area contributed by atoms with Crippen LogP contribution in [0, 0.1) is 5.92 Å². The fraction of sp³-hybridized carbons (Fsp3) is 0.632. The lowest BCUT2D eigenvalue weighted by atomic mass is 9.96. The van der Waals surface area contributed by atoms with Gasteiger partial charge in [-0.3, -0.25) is 9.69 Å². The van der Waals surface area contributed by atoms with Gasteiger partial charge < -0.3 is 10.6 Å². The molecule has 1 saturated heterocycles. The van der Waals surface area contributed by atoms with E-state index < -0.39 is 0 Å². The molecule has 0 aliphatic carbocycles. The van der Waals surface area contributed by atoms with Crippen molar-refractivity contribution in [2.45, 2.75) is 45.6 Å². The molecule has 128 valence electrons. The zero-order chi connectivity index (χ0) is 16.5. The Kier molecular flexibility index (Phi) is 7.56. The number of nitrogens with zero attached hydrogens (tertiary/aromatic N) is 1. The van der Waals surface area contributed by atoms with Crippen LogP contribution in [0.15, 0.2) is 30.3 Å². The number of anilines is 1. The van der Waals surface area contributed by atoms with Crippen LogP contribution in [-0.2, 0) is 4.79 Å². The minimum absolute atomic E-state index is 0.107. The van der Waals surface area contributed by atoms with Crippen molar-refractivity contribution < 1.29 is 4.79 Å². The van der Waals surface area contributed by atoms with Gasteiger partial charge in [0.1, 0.15) is 0 Å². The number of nitrogens with one attached hydrogen (secondary N) is 2. The van der Waals surface area contributed by atoms with Gasteiger partial charge in [-0.05, 0) is 63.9 Å². The normalized spacial score (nSPS) is 17.2. The van der Waals surface area contributed by atoms with Crippen LogP contribution in [-0.4, -0.2) is 43.0 Å². The van der Waals surface area contributed by atoms with E-state index in [9.17, 15) is 4.79 Å². The molecule has 1 heterocycles. The Morgan fingerprint density at radius 1 is 1.30 bits per heavy atom. The summed E-state index contributed by atoms with van der Waals surface area (Å²) in [5, 5.41) is 6.42. The highest BCUT2D eigenvalue weighted by atomic mass is 16.1. The molecule has 1 fully saturated rings. The number of para-hydroxylation sites is 1. The average molecular weight is 317 g/mol. The highest BCUT2D eigenvalue weighted by Crippen LogP contribution is 2.17. The molecule has 2 N–H and O–H groups in total. The molecule has 1 atom stereocenters. The van der Waals surface area contributed by atoms with Crippen LogP contribution < -0.4 is 10.6 Å². The zero-order valence-electron chi connectivity index (χ0n) is 14.6. The first kappa shape index (κ1) is 18.0. The van der Waals surface area contributed by atoms with Crippen molar-refractivity contribution in [2.75, 3.05) is 31.5 Å². The summed E-state index contributed by atoms with van der Waals surface area (Å²) in [6.07, 6.45) is 4.20. The van der Waals surface area contributed by atoms with Crippen molar-refractivity contribution >= 4 is 11.6 Å². The maximum atomic E-state index is 12.3. The van der Waals surface area contributed by atoms with Crippen LogP contribution in [0.3, 0.4) is 0 Å². The number of benzene rings is 1. The number of hydrogen-bond acceptors (Lipinski definition) is 3. The molecule has 2 rings (SSSR count). The van der Waals surface area contributed by atoms with E-state index in [0.29, 0.717) is 6.42 Å². The molecular weight excluding hydrogens is 286 g/mol. The van der Waals surface area contributed by atoms with E-state index in [1.54, 1.807) is 0 Å². The Bertz CT molecular complexity index is 457. The Morgan fingerprint density at radius 2 is 2.00 bits per heavy atom. The van der Waals surface area contributed by atoms with Gasteiger partial charge in [-0.25, -0.2) is 0 Å². The first-order chi connectivity index (χ1) is 11.2. The highest BCUT2D eigenvalue weighted by molar-refractivity contribution is 5.90. The van der Waals surface area contributed by atoms with Crippen LogP contribution in [0.25, 0.3) is 0 Å². The summed E-state index contributed by atoms with van der Waals surface area (Å²) in [5.41, 5.74) is 0.880.